The van der Waals surface area contributed by atoms with Gasteiger partial charge >= 0.3 is 6.55 Å². The monoisotopic (exact) mass is 368 g/mol. The molecule has 0 saturated heterocycles. The van der Waals surface area contributed by atoms with Gasteiger partial charge in [-0.15, -0.1) is 0 Å². The van der Waals surface area contributed by atoms with Crippen LogP contribution >= 0.6 is 0 Å². The number of alkyl halides is 2. The Bertz CT molecular complexity index is 674. The molecule has 0 saturated carbocycles. The van der Waals surface area contributed by atoms with Gasteiger partial charge in [-0.25, -0.2) is 4.68 Å². The summed E-state index contributed by atoms with van der Waals surface area (Å²) in [5, 5.41) is 4.51. The number of aromatic nitrogens is 2. The molecule has 2 N–H and O–H groups in total. The topological polar surface area (TPSA) is 56.2 Å². The molecule has 26 heavy (non-hydrogen) atoms. The van der Waals surface area contributed by atoms with Gasteiger partial charge in [-0.05, 0) is 38.6 Å². The molecule has 0 spiro atoms. The third-order valence-electron chi connectivity index (χ3n) is 3.20. The van der Waals surface area contributed by atoms with Crippen molar-refractivity contribution in [1.29, 1.82) is 0 Å². The van der Waals surface area contributed by atoms with Gasteiger partial charge in [-0.1, -0.05) is 46.3 Å². The summed E-state index contributed by atoms with van der Waals surface area (Å²) in [7, 11) is 3.22. The molecule has 0 bridgehead atoms. The van der Waals surface area contributed by atoms with E-state index in [4.69, 9.17) is 0 Å². The molecule has 1 aromatic heterocycles. The van der Waals surface area contributed by atoms with Crippen molar-refractivity contribution in [2.45, 2.75) is 54.5 Å². The third kappa shape index (κ3) is 7.87. The van der Waals surface area contributed by atoms with Crippen LogP contribution in [0.1, 0.15) is 60.1 Å². The average Bonchev–Trinajstić information content (AvgIpc) is 3.14. The minimum atomic E-state index is -2.62. The van der Waals surface area contributed by atoms with E-state index in [0.717, 1.165) is 17.7 Å². The predicted molar refractivity (Wildman–Crippen MR) is 110 cm³/mol. The maximum absolute atomic E-state index is 12.6. The summed E-state index contributed by atoms with van der Waals surface area (Å²) in [6.07, 6.45) is 4.32. The fourth-order valence-corrected chi connectivity index (χ4v) is 1.92. The Labute approximate surface area is 156 Å². The van der Waals surface area contributed by atoms with E-state index in [9.17, 15) is 8.78 Å². The summed E-state index contributed by atoms with van der Waals surface area (Å²) >= 11 is 0. The van der Waals surface area contributed by atoms with Crippen LogP contribution in [0.3, 0.4) is 0 Å². The van der Waals surface area contributed by atoms with E-state index in [-0.39, 0.29) is 0 Å². The highest BCUT2D eigenvalue weighted by Gasteiger charge is 2.10. The predicted octanol–water partition coefficient (Wildman–Crippen LogP) is 5.83. The molecule has 0 unspecified atom stereocenters. The van der Waals surface area contributed by atoms with Crippen LogP contribution in [0.25, 0.3) is 10.9 Å². The first kappa shape index (κ1) is 26.2. The first-order valence-corrected chi connectivity index (χ1v) is 9.04. The number of rotatable bonds is 4. The number of hydrogen-bond donors (Lipinski definition) is 1. The molecule has 2 aromatic rings. The van der Waals surface area contributed by atoms with E-state index in [0.29, 0.717) is 15.6 Å². The summed E-state index contributed by atoms with van der Waals surface area (Å²) in [5.41, 5.74) is 8.02. The van der Waals surface area contributed by atoms with Gasteiger partial charge in [0.05, 0.1) is 11.2 Å². The van der Waals surface area contributed by atoms with E-state index in [2.05, 4.69) is 22.7 Å². The first-order valence-electron chi connectivity index (χ1n) is 9.04. The van der Waals surface area contributed by atoms with Gasteiger partial charge in [0.15, 0.2) is 0 Å². The molecule has 1 heterocycles. The quantitative estimate of drug-likeness (QED) is 0.690. The van der Waals surface area contributed by atoms with Crippen LogP contribution in [0.15, 0.2) is 41.0 Å². The highest BCUT2D eigenvalue weighted by molar-refractivity contribution is 6.10. The zero-order valence-corrected chi connectivity index (χ0v) is 17.3. The molecular weight excluding hydrogens is 334 g/mol. The number of allylic oxidation sites excluding steroid dienone is 2. The Hall–Kier alpha value is -2.08. The van der Waals surface area contributed by atoms with Crippen molar-refractivity contribution >= 4 is 16.6 Å². The van der Waals surface area contributed by atoms with E-state index < -0.39 is 6.55 Å². The number of hydrogen-bond acceptors (Lipinski definition) is 3. The van der Waals surface area contributed by atoms with Gasteiger partial charge in [0, 0.05) is 24.2 Å². The van der Waals surface area contributed by atoms with Gasteiger partial charge in [0.1, 0.15) is 0 Å². The molecule has 0 radical (unpaired) electrons. The molecule has 0 aliphatic heterocycles. The smallest absolute Gasteiger partial charge is 0.333 e. The van der Waals surface area contributed by atoms with Crippen LogP contribution in [-0.2, 0) is 0 Å². The first-order chi connectivity index (χ1) is 12.5. The second-order valence-corrected chi connectivity index (χ2v) is 4.61. The van der Waals surface area contributed by atoms with Crippen molar-refractivity contribution < 1.29 is 8.78 Å². The lowest BCUT2D eigenvalue weighted by Gasteiger charge is -2.03. The second kappa shape index (κ2) is 15.2. The lowest BCUT2D eigenvalue weighted by Crippen LogP contribution is -1.97. The summed E-state index contributed by atoms with van der Waals surface area (Å²) < 4.78 is 25.9. The minimum Gasteiger partial charge on any atom is -0.333 e. The van der Waals surface area contributed by atoms with Crippen LogP contribution in [0.4, 0.5) is 8.78 Å². The highest BCUT2D eigenvalue weighted by Crippen LogP contribution is 2.19. The molecule has 4 nitrogen and oxygen atoms in total. The van der Waals surface area contributed by atoms with E-state index >= 15 is 0 Å². The van der Waals surface area contributed by atoms with Gasteiger partial charge < -0.3 is 5.73 Å². The van der Waals surface area contributed by atoms with Crippen LogP contribution in [-0.4, -0.2) is 29.6 Å². The molecular formula is C20H34F2N4. The molecule has 0 amide bonds. The summed E-state index contributed by atoms with van der Waals surface area (Å²) in [4.78, 5) is 4.26. The zero-order chi connectivity index (χ0) is 20.7. The normalized spacial score (nSPS) is 11.1. The Morgan fingerprint density at radius 1 is 1.23 bits per heavy atom. The molecule has 1 aromatic carbocycles. The average molecular weight is 369 g/mol. The van der Waals surface area contributed by atoms with E-state index in [1.807, 2.05) is 52.8 Å². The molecule has 6 heteroatoms. The Kier molecular flexibility index (Phi) is 15.3. The van der Waals surface area contributed by atoms with Gasteiger partial charge in [0.2, 0.25) is 0 Å². The van der Waals surface area contributed by atoms with Crippen molar-refractivity contribution in [2.75, 3.05) is 14.1 Å². The van der Waals surface area contributed by atoms with Gasteiger partial charge in [-0.3, -0.25) is 4.99 Å². The van der Waals surface area contributed by atoms with Crippen molar-refractivity contribution in [3.8, 4) is 0 Å². The fraction of sp³-hybridized carbons (Fsp3) is 0.500. The molecule has 2 rings (SSSR count). The highest BCUT2D eigenvalue weighted by atomic mass is 19.3. The third-order valence-corrected chi connectivity index (χ3v) is 3.20. The maximum Gasteiger partial charge on any atom is 0.333 e. The van der Waals surface area contributed by atoms with Gasteiger partial charge in [-0.2, -0.15) is 13.9 Å². The Morgan fingerprint density at radius 3 is 2.27 bits per heavy atom. The van der Waals surface area contributed by atoms with Crippen LogP contribution in [0.5, 0.6) is 0 Å². The van der Waals surface area contributed by atoms with Gasteiger partial charge in [0.25, 0.3) is 0 Å². The lowest BCUT2D eigenvalue weighted by atomic mass is 10.0. The molecule has 0 fully saturated rings. The number of aliphatic imine (C=N–C) groups is 1. The van der Waals surface area contributed by atoms with Crippen LogP contribution in [0.2, 0.25) is 0 Å². The molecule has 0 aliphatic rings. The standard InChI is InChI=1S/C15H17F2N3.2C2H6.CH5N/c1-4-10(2)7-14(18-3)11-5-6-13-12(8-11)9-20(19-13)15(16)17;3*1-2/h5-9,15H,4H2,1-3H3;2*1-2H3;2H2,1H3/b10-7-,18-14?;;;. The summed E-state index contributed by atoms with van der Waals surface area (Å²) in [5.74, 6) is 0. The lowest BCUT2D eigenvalue weighted by molar-refractivity contribution is 0.0574. The zero-order valence-electron chi connectivity index (χ0n) is 17.3. The second-order valence-electron chi connectivity index (χ2n) is 4.61. The number of benzene rings is 1. The van der Waals surface area contributed by atoms with Crippen molar-refractivity contribution in [3.05, 3.63) is 41.6 Å². The number of fused-ring (bicyclic) bond motifs is 1. The van der Waals surface area contributed by atoms with Crippen LogP contribution < -0.4 is 5.73 Å². The van der Waals surface area contributed by atoms with Crippen LogP contribution in [0, 0.1) is 0 Å². The Morgan fingerprint density at radius 2 is 1.81 bits per heavy atom. The van der Waals surface area contributed by atoms with Crippen molar-refractivity contribution in [1.82, 2.24) is 9.78 Å². The van der Waals surface area contributed by atoms with E-state index in [1.54, 1.807) is 13.1 Å². The van der Waals surface area contributed by atoms with E-state index in [1.165, 1.54) is 18.8 Å². The number of nitrogens with two attached hydrogens (primary N) is 1. The number of nitrogens with zero attached hydrogens (tertiary/aromatic N) is 3. The number of halogens is 2. The maximum atomic E-state index is 12.6. The largest absolute Gasteiger partial charge is 0.333 e. The molecule has 148 valence electrons. The minimum absolute atomic E-state index is 0.556. The van der Waals surface area contributed by atoms with Crippen molar-refractivity contribution in [2.24, 2.45) is 10.7 Å². The fourth-order valence-electron chi connectivity index (χ4n) is 1.92. The van der Waals surface area contributed by atoms with Crippen molar-refractivity contribution in [3.63, 3.8) is 0 Å². The summed E-state index contributed by atoms with van der Waals surface area (Å²) in [6, 6.07) is 5.43. The SMILES string of the molecule is CC.CC.CC/C(C)=C\C(=NC)c1ccc2nn(C(F)F)cc2c1.CN. The Balaban J connectivity index is 0. The molecule has 0 atom stereocenters. The molecule has 0 aliphatic carbocycles. The summed E-state index contributed by atoms with van der Waals surface area (Å²) in [6.45, 7) is 9.50.